The summed E-state index contributed by atoms with van der Waals surface area (Å²) in [6.45, 7) is 3.61. The number of anilines is 1. The lowest BCUT2D eigenvalue weighted by Crippen LogP contribution is -2.32. The molecule has 1 heterocycles. The Morgan fingerprint density at radius 2 is 2.32 bits per heavy atom. The molecule has 1 amide bonds. The minimum absolute atomic E-state index is 0.365. The van der Waals surface area contributed by atoms with Crippen LogP contribution in [0, 0.1) is 5.41 Å². The molecule has 0 spiro atoms. The van der Waals surface area contributed by atoms with Gasteiger partial charge in [0.25, 0.3) is 0 Å². The van der Waals surface area contributed by atoms with E-state index in [4.69, 9.17) is 0 Å². The fourth-order valence-electron chi connectivity index (χ4n) is 1.51. The number of methoxy groups -OCH3 is 1. The van der Waals surface area contributed by atoms with E-state index in [1.54, 1.807) is 6.08 Å². The Morgan fingerprint density at radius 1 is 1.58 bits per heavy atom. The number of ether oxygens (including phenoxy) is 1. The van der Waals surface area contributed by atoms with Crippen molar-refractivity contribution in [2.75, 3.05) is 18.2 Å². The zero-order valence-corrected chi connectivity index (χ0v) is 12.0. The van der Waals surface area contributed by atoms with Gasteiger partial charge in [-0.2, -0.15) is 0 Å². The average Bonchev–Trinajstić information content (AvgIpc) is 3.12. The van der Waals surface area contributed by atoms with Gasteiger partial charge in [0.15, 0.2) is 4.34 Å². The molecule has 19 heavy (non-hydrogen) atoms. The van der Waals surface area contributed by atoms with Crippen LogP contribution >= 0.6 is 23.1 Å². The van der Waals surface area contributed by atoms with Crippen molar-refractivity contribution in [3.8, 4) is 0 Å². The lowest BCUT2D eigenvalue weighted by atomic mass is 10.1. The minimum Gasteiger partial charge on any atom is -0.468 e. The van der Waals surface area contributed by atoms with Crippen molar-refractivity contribution in [1.29, 1.82) is 0 Å². The maximum absolute atomic E-state index is 12.0. The fraction of sp³-hybridized carbons (Fsp3) is 0.455. The highest BCUT2D eigenvalue weighted by atomic mass is 32.2. The average molecular weight is 299 g/mol. The van der Waals surface area contributed by atoms with Crippen molar-refractivity contribution in [2.45, 2.75) is 17.2 Å². The first-order chi connectivity index (χ1) is 9.12. The van der Waals surface area contributed by atoms with E-state index >= 15 is 0 Å². The molecule has 1 aliphatic carbocycles. The summed E-state index contributed by atoms with van der Waals surface area (Å²) in [4.78, 5) is 23.6. The Bertz CT molecular complexity index is 511. The second-order valence-electron chi connectivity index (χ2n) is 4.00. The molecule has 0 aromatic carbocycles. The zero-order valence-electron chi connectivity index (χ0n) is 10.3. The van der Waals surface area contributed by atoms with Crippen LogP contribution in [-0.4, -0.2) is 34.9 Å². The Labute approximate surface area is 118 Å². The number of nitrogens with one attached hydrogen (secondary N) is 1. The van der Waals surface area contributed by atoms with Crippen LogP contribution in [0.15, 0.2) is 17.0 Å². The summed E-state index contributed by atoms with van der Waals surface area (Å²) >= 11 is 2.76. The molecule has 1 aliphatic rings. The molecule has 1 aromatic rings. The van der Waals surface area contributed by atoms with Gasteiger partial charge in [0.2, 0.25) is 11.0 Å². The summed E-state index contributed by atoms with van der Waals surface area (Å²) in [6.07, 6.45) is 2.80. The number of carbonyl (C=O) groups excluding carboxylic acids is 2. The predicted molar refractivity (Wildman–Crippen MR) is 73.1 cm³/mol. The Morgan fingerprint density at radius 3 is 2.89 bits per heavy atom. The van der Waals surface area contributed by atoms with Crippen molar-refractivity contribution in [1.82, 2.24) is 10.2 Å². The predicted octanol–water partition coefficient (Wildman–Crippen LogP) is 1.71. The summed E-state index contributed by atoms with van der Waals surface area (Å²) < 4.78 is 5.40. The molecule has 1 saturated carbocycles. The first kappa shape index (κ1) is 14.0. The van der Waals surface area contributed by atoms with E-state index in [0.717, 1.165) is 10.1 Å². The molecule has 0 radical (unpaired) electrons. The second kappa shape index (κ2) is 5.70. The molecule has 1 fully saturated rings. The van der Waals surface area contributed by atoms with E-state index in [2.05, 4.69) is 26.8 Å². The summed E-state index contributed by atoms with van der Waals surface area (Å²) in [5, 5.41) is 10.8. The van der Waals surface area contributed by atoms with Gasteiger partial charge in [0.05, 0.1) is 7.11 Å². The number of aromatic nitrogens is 2. The first-order valence-electron chi connectivity index (χ1n) is 5.59. The van der Waals surface area contributed by atoms with Crippen LogP contribution in [0.3, 0.4) is 0 Å². The standard InChI is InChI=1S/C11H13N3O3S2/c1-3-6-18-10-14-13-9(19-10)12-7(15)11(4-5-11)8(16)17-2/h3H,1,4-6H2,2H3,(H,12,13,15). The molecule has 0 atom stereocenters. The summed E-state index contributed by atoms with van der Waals surface area (Å²) in [5.41, 5.74) is -1.02. The third-order valence-electron chi connectivity index (χ3n) is 2.71. The minimum atomic E-state index is -1.02. The highest BCUT2D eigenvalue weighted by Gasteiger charge is 2.58. The number of hydrogen-bond acceptors (Lipinski definition) is 7. The summed E-state index contributed by atoms with van der Waals surface area (Å²) in [7, 11) is 1.28. The van der Waals surface area contributed by atoms with E-state index in [9.17, 15) is 9.59 Å². The molecule has 0 saturated heterocycles. The van der Waals surface area contributed by atoms with E-state index in [1.807, 2.05) is 0 Å². The first-order valence-corrected chi connectivity index (χ1v) is 7.39. The van der Waals surface area contributed by atoms with E-state index in [0.29, 0.717) is 18.0 Å². The van der Waals surface area contributed by atoms with Gasteiger partial charge in [0.1, 0.15) is 5.41 Å². The van der Waals surface area contributed by atoms with Crippen molar-refractivity contribution >= 4 is 40.1 Å². The molecule has 0 aliphatic heterocycles. The van der Waals surface area contributed by atoms with Gasteiger partial charge in [-0.1, -0.05) is 29.2 Å². The smallest absolute Gasteiger partial charge is 0.321 e. The van der Waals surface area contributed by atoms with E-state index in [-0.39, 0.29) is 5.91 Å². The molecule has 2 rings (SSSR count). The van der Waals surface area contributed by atoms with Crippen LogP contribution in [0.2, 0.25) is 0 Å². The van der Waals surface area contributed by atoms with Crippen molar-refractivity contribution in [2.24, 2.45) is 5.41 Å². The van der Waals surface area contributed by atoms with Gasteiger partial charge < -0.3 is 4.74 Å². The number of rotatable bonds is 6. The fourth-order valence-corrected chi connectivity index (χ4v) is 3.02. The van der Waals surface area contributed by atoms with E-state index in [1.165, 1.54) is 30.2 Å². The van der Waals surface area contributed by atoms with Gasteiger partial charge in [-0.05, 0) is 12.8 Å². The SMILES string of the molecule is C=CCSc1nnc(NC(=O)C2(C(=O)OC)CC2)s1. The van der Waals surface area contributed by atoms with Crippen LogP contribution in [-0.2, 0) is 14.3 Å². The molecule has 0 bridgehead atoms. The van der Waals surface area contributed by atoms with Crippen LogP contribution in [0.25, 0.3) is 0 Å². The largest absolute Gasteiger partial charge is 0.468 e. The quantitative estimate of drug-likeness (QED) is 0.283. The summed E-state index contributed by atoms with van der Waals surface area (Å²) in [5.74, 6) is -0.124. The summed E-state index contributed by atoms with van der Waals surface area (Å²) in [6, 6.07) is 0. The van der Waals surface area contributed by atoms with Crippen LogP contribution in [0.4, 0.5) is 5.13 Å². The molecular formula is C11H13N3O3S2. The number of amides is 1. The van der Waals surface area contributed by atoms with Crippen LogP contribution < -0.4 is 5.32 Å². The van der Waals surface area contributed by atoms with Gasteiger partial charge in [-0.25, -0.2) is 0 Å². The van der Waals surface area contributed by atoms with Crippen LogP contribution in [0.5, 0.6) is 0 Å². The van der Waals surface area contributed by atoms with E-state index < -0.39 is 11.4 Å². The lowest BCUT2D eigenvalue weighted by Gasteiger charge is -2.10. The number of nitrogens with zero attached hydrogens (tertiary/aromatic N) is 2. The highest BCUT2D eigenvalue weighted by molar-refractivity contribution is 8.01. The Kier molecular flexibility index (Phi) is 4.20. The zero-order chi connectivity index (χ0) is 13.9. The third-order valence-corrected chi connectivity index (χ3v) is 4.68. The molecular weight excluding hydrogens is 286 g/mol. The van der Waals surface area contributed by atoms with Crippen molar-refractivity contribution in [3.05, 3.63) is 12.7 Å². The Hall–Kier alpha value is -1.41. The van der Waals surface area contributed by atoms with Crippen molar-refractivity contribution in [3.63, 3.8) is 0 Å². The second-order valence-corrected chi connectivity index (χ2v) is 6.25. The van der Waals surface area contributed by atoms with Gasteiger partial charge in [-0.15, -0.1) is 16.8 Å². The molecule has 1 N–H and O–H groups in total. The van der Waals surface area contributed by atoms with Gasteiger partial charge in [-0.3, -0.25) is 14.9 Å². The molecule has 6 nitrogen and oxygen atoms in total. The number of esters is 1. The molecule has 102 valence electrons. The van der Waals surface area contributed by atoms with Gasteiger partial charge in [0, 0.05) is 5.75 Å². The number of hydrogen-bond donors (Lipinski definition) is 1. The maximum Gasteiger partial charge on any atom is 0.321 e. The third kappa shape index (κ3) is 2.95. The van der Waals surface area contributed by atoms with Gasteiger partial charge >= 0.3 is 5.97 Å². The maximum atomic E-state index is 12.0. The molecule has 1 aromatic heterocycles. The topological polar surface area (TPSA) is 81.2 Å². The van der Waals surface area contributed by atoms with Crippen molar-refractivity contribution < 1.29 is 14.3 Å². The number of thioether (sulfide) groups is 1. The number of carbonyl (C=O) groups is 2. The monoisotopic (exact) mass is 299 g/mol. The molecule has 0 unspecified atom stereocenters. The molecule has 8 heteroatoms. The van der Waals surface area contributed by atoms with Crippen LogP contribution in [0.1, 0.15) is 12.8 Å². The Balaban J connectivity index is 1.97. The normalized spacial score (nSPS) is 15.6. The highest BCUT2D eigenvalue weighted by Crippen LogP contribution is 2.47. The lowest BCUT2D eigenvalue weighted by molar-refractivity contribution is -0.150.